The normalized spacial score (nSPS) is 12.1. The first-order valence-corrected chi connectivity index (χ1v) is 7.44. The summed E-state index contributed by atoms with van der Waals surface area (Å²) >= 11 is 0. The molecule has 2 aromatic carbocycles. The van der Waals surface area contributed by atoms with Gasteiger partial charge in [0.2, 0.25) is 5.82 Å². The van der Waals surface area contributed by atoms with Crippen LogP contribution in [0.3, 0.4) is 0 Å². The Hall–Kier alpha value is -2.51. The first-order valence-electron chi connectivity index (χ1n) is 7.44. The summed E-state index contributed by atoms with van der Waals surface area (Å²) in [7, 11) is -1.57. The predicted octanol–water partition coefficient (Wildman–Crippen LogP) is 0.824. The molecule has 0 aliphatic rings. The molecule has 0 amide bonds. The van der Waals surface area contributed by atoms with E-state index in [0.29, 0.717) is 16.9 Å². The predicted molar refractivity (Wildman–Crippen MR) is 87.9 cm³/mol. The van der Waals surface area contributed by atoms with Crippen LogP contribution in [0.1, 0.15) is 18.5 Å². The van der Waals surface area contributed by atoms with Gasteiger partial charge >= 0.3 is 7.12 Å². The molecule has 1 unspecified atom stereocenters. The summed E-state index contributed by atoms with van der Waals surface area (Å²) in [5.74, 6) is 0.383. The number of benzene rings is 2. The zero-order chi connectivity index (χ0) is 16.2. The van der Waals surface area contributed by atoms with Crippen LogP contribution in [0.4, 0.5) is 0 Å². The maximum Gasteiger partial charge on any atom is 0.489 e. The lowest BCUT2D eigenvalue weighted by Gasteiger charge is -2.09. The third-order valence-corrected chi connectivity index (χ3v) is 3.68. The SMILES string of the molecule is CC(Cc1ccccc1)n1nnc(-c2ccccc2B(O)O)n1. The van der Waals surface area contributed by atoms with Gasteiger partial charge in [0, 0.05) is 5.56 Å². The second kappa shape index (κ2) is 6.72. The van der Waals surface area contributed by atoms with Crippen molar-refractivity contribution >= 4 is 12.6 Å². The van der Waals surface area contributed by atoms with Crippen LogP contribution in [-0.2, 0) is 6.42 Å². The van der Waals surface area contributed by atoms with Crippen LogP contribution in [0.2, 0.25) is 0 Å². The highest BCUT2D eigenvalue weighted by Gasteiger charge is 2.20. The Morgan fingerprint density at radius 3 is 2.48 bits per heavy atom. The van der Waals surface area contributed by atoms with E-state index in [0.717, 1.165) is 6.42 Å². The van der Waals surface area contributed by atoms with Crippen molar-refractivity contribution in [3.63, 3.8) is 0 Å². The molecule has 116 valence electrons. The van der Waals surface area contributed by atoms with E-state index < -0.39 is 7.12 Å². The molecule has 1 aromatic heterocycles. The zero-order valence-corrected chi connectivity index (χ0v) is 12.7. The summed E-state index contributed by atoms with van der Waals surface area (Å²) in [5.41, 5.74) is 2.13. The van der Waals surface area contributed by atoms with Gasteiger partial charge in [-0.15, -0.1) is 10.2 Å². The lowest BCUT2D eigenvalue weighted by molar-refractivity contribution is 0.422. The highest BCUT2D eigenvalue weighted by molar-refractivity contribution is 6.60. The highest BCUT2D eigenvalue weighted by atomic mass is 16.4. The van der Waals surface area contributed by atoms with Crippen LogP contribution in [0.25, 0.3) is 11.4 Å². The summed E-state index contributed by atoms with van der Waals surface area (Å²) in [6.45, 7) is 2.02. The topological polar surface area (TPSA) is 84.1 Å². The molecule has 3 aromatic rings. The Labute approximate surface area is 134 Å². The van der Waals surface area contributed by atoms with Crippen molar-refractivity contribution in [2.24, 2.45) is 0 Å². The van der Waals surface area contributed by atoms with Gasteiger partial charge in [-0.1, -0.05) is 54.6 Å². The minimum atomic E-state index is -1.57. The molecule has 7 heteroatoms. The van der Waals surface area contributed by atoms with Crippen LogP contribution in [0, 0.1) is 0 Å². The zero-order valence-electron chi connectivity index (χ0n) is 12.7. The molecule has 0 aliphatic heterocycles. The van der Waals surface area contributed by atoms with Crippen molar-refractivity contribution in [1.82, 2.24) is 20.2 Å². The molecular formula is C16H17BN4O2. The van der Waals surface area contributed by atoms with Crippen molar-refractivity contribution in [2.75, 3.05) is 0 Å². The molecular weight excluding hydrogens is 291 g/mol. The van der Waals surface area contributed by atoms with Gasteiger partial charge in [-0.25, -0.2) is 0 Å². The summed E-state index contributed by atoms with van der Waals surface area (Å²) in [6, 6.07) is 17.1. The van der Waals surface area contributed by atoms with Gasteiger partial charge in [0.05, 0.1) is 6.04 Å². The second-order valence-corrected chi connectivity index (χ2v) is 5.43. The molecule has 1 heterocycles. The molecule has 0 saturated carbocycles. The Morgan fingerprint density at radius 2 is 1.74 bits per heavy atom. The minimum Gasteiger partial charge on any atom is -0.423 e. The van der Waals surface area contributed by atoms with Gasteiger partial charge in [-0.05, 0) is 29.6 Å². The van der Waals surface area contributed by atoms with Crippen molar-refractivity contribution in [2.45, 2.75) is 19.4 Å². The third-order valence-electron chi connectivity index (χ3n) is 3.68. The standard InChI is InChI=1S/C16H17BN4O2/c1-12(11-13-7-3-2-4-8-13)21-19-16(18-20-21)14-9-5-6-10-15(14)17(22)23/h2-10,12,22-23H,11H2,1H3. The van der Waals surface area contributed by atoms with E-state index in [9.17, 15) is 10.0 Å². The Balaban J connectivity index is 1.83. The van der Waals surface area contributed by atoms with Crippen molar-refractivity contribution in [1.29, 1.82) is 0 Å². The molecule has 2 N–H and O–H groups in total. The molecule has 3 rings (SSSR count). The fourth-order valence-corrected chi connectivity index (χ4v) is 2.48. The first-order chi connectivity index (χ1) is 11.1. The second-order valence-electron chi connectivity index (χ2n) is 5.43. The van der Waals surface area contributed by atoms with E-state index in [1.807, 2.05) is 25.1 Å². The smallest absolute Gasteiger partial charge is 0.423 e. The van der Waals surface area contributed by atoms with E-state index in [2.05, 4.69) is 27.5 Å². The van der Waals surface area contributed by atoms with Crippen LogP contribution >= 0.6 is 0 Å². The summed E-state index contributed by atoms with van der Waals surface area (Å²) in [6.07, 6.45) is 0.793. The van der Waals surface area contributed by atoms with Crippen LogP contribution in [0.5, 0.6) is 0 Å². The number of hydrogen-bond acceptors (Lipinski definition) is 5. The van der Waals surface area contributed by atoms with Gasteiger partial charge in [-0.2, -0.15) is 4.80 Å². The average molecular weight is 308 g/mol. The Bertz CT molecular complexity index is 777. The monoisotopic (exact) mass is 308 g/mol. The van der Waals surface area contributed by atoms with Gasteiger partial charge in [0.1, 0.15) is 0 Å². The molecule has 0 aliphatic carbocycles. The number of tetrazole rings is 1. The summed E-state index contributed by atoms with van der Waals surface area (Å²) in [5, 5.41) is 31.4. The molecule has 6 nitrogen and oxygen atoms in total. The van der Waals surface area contributed by atoms with Gasteiger partial charge in [-0.3, -0.25) is 0 Å². The number of hydrogen-bond donors (Lipinski definition) is 2. The van der Waals surface area contributed by atoms with E-state index in [4.69, 9.17) is 0 Å². The average Bonchev–Trinajstić information content (AvgIpc) is 3.06. The van der Waals surface area contributed by atoms with Crippen LogP contribution < -0.4 is 5.46 Å². The van der Waals surface area contributed by atoms with Gasteiger partial charge < -0.3 is 10.0 Å². The lowest BCUT2D eigenvalue weighted by atomic mass is 9.77. The summed E-state index contributed by atoms with van der Waals surface area (Å²) < 4.78 is 0. The van der Waals surface area contributed by atoms with E-state index in [-0.39, 0.29) is 6.04 Å². The lowest BCUT2D eigenvalue weighted by Crippen LogP contribution is -2.31. The Morgan fingerprint density at radius 1 is 1.04 bits per heavy atom. The van der Waals surface area contributed by atoms with Crippen molar-refractivity contribution < 1.29 is 10.0 Å². The van der Waals surface area contributed by atoms with E-state index in [1.54, 1.807) is 29.1 Å². The number of rotatable bonds is 5. The van der Waals surface area contributed by atoms with Crippen molar-refractivity contribution in [3.05, 3.63) is 60.2 Å². The molecule has 0 fully saturated rings. The van der Waals surface area contributed by atoms with Crippen LogP contribution in [0.15, 0.2) is 54.6 Å². The van der Waals surface area contributed by atoms with Crippen molar-refractivity contribution in [3.8, 4) is 11.4 Å². The maximum atomic E-state index is 9.45. The number of nitrogens with zero attached hydrogens (tertiary/aromatic N) is 4. The Kier molecular flexibility index (Phi) is 4.50. The van der Waals surface area contributed by atoms with Crippen LogP contribution in [-0.4, -0.2) is 37.4 Å². The first kappa shape index (κ1) is 15.4. The van der Waals surface area contributed by atoms with Gasteiger partial charge in [0.25, 0.3) is 0 Å². The molecule has 23 heavy (non-hydrogen) atoms. The van der Waals surface area contributed by atoms with Gasteiger partial charge in [0.15, 0.2) is 0 Å². The molecule has 0 radical (unpaired) electrons. The molecule has 0 saturated heterocycles. The fraction of sp³-hybridized carbons (Fsp3) is 0.188. The number of aromatic nitrogens is 4. The molecule has 1 atom stereocenters. The van der Waals surface area contributed by atoms with E-state index >= 15 is 0 Å². The minimum absolute atomic E-state index is 0.0462. The quantitative estimate of drug-likeness (QED) is 0.682. The largest absolute Gasteiger partial charge is 0.489 e. The highest BCUT2D eigenvalue weighted by Crippen LogP contribution is 2.15. The maximum absolute atomic E-state index is 9.45. The van der Waals surface area contributed by atoms with E-state index in [1.165, 1.54) is 5.56 Å². The molecule has 0 bridgehead atoms. The molecule has 0 spiro atoms. The summed E-state index contributed by atoms with van der Waals surface area (Å²) in [4.78, 5) is 1.56. The third kappa shape index (κ3) is 3.47. The fourth-order valence-electron chi connectivity index (χ4n) is 2.48.